The van der Waals surface area contributed by atoms with Gasteiger partial charge in [0.25, 0.3) is 0 Å². The summed E-state index contributed by atoms with van der Waals surface area (Å²) in [6.07, 6.45) is 28.0. The first-order valence-corrected chi connectivity index (χ1v) is 6.60. The van der Waals surface area contributed by atoms with Gasteiger partial charge < -0.3 is 0 Å². The third kappa shape index (κ3) is 14.3. The molecule has 0 saturated heterocycles. The third-order valence-electron chi connectivity index (χ3n) is 2.67. The van der Waals surface area contributed by atoms with Crippen LogP contribution in [0.3, 0.4) is 0 Å². The summed E-state index contributed by atoms with van der Waals surface area (Å²) >= 11 is 0. The Balaban J connectivity index is 0. The summed E-state index contributed by atoms with van der Waals surface area (Å²) in [6.45, 7) is 0. The standard InChI is InChI=1S/2C8H12.2Rh/c2*1-2-4-6-8-7-5-3-1;;/h2*1-2,7-8H,3-6H2;;/b2*2-1-,8-7?;;. The molecule has 2 aliphatic rings. The molecule has 2 heteroatoms. The van der Waals surface area contributed by atoms with E-state index < -0.39 is 0 Å². The summed E-state index contributed by atoms with van der Waals surface area (Å²) in [6, 6.07) is 0. The van der Waals surface area contributed by atoms with Crippen molar-refractivity contribution < 1.29 is 39.0 Å². The van der Waals surface area contributed by atoms with E-state index in [0.29, 0.717) is 0 Å². The van der Waals surface area contributed by atoms with E-state index in [1.165, 1.54) is 51.4 Å². The Hall–Kier alpha value is 0.207. The number of hydrogen-bond acceptors (Lipinski definition) is 0. The molecule has 0 amide bonds. The summed E-state index contributed by atoms with van der Waals surface area (Å²) in [5.74, 6) is 0. The van der Waals surface area contributed by atoms with Gasteiger partial charge in [-0.15, -0.1) is 0 Å². The van der Waals surface area contributed by atoms with Crippen LogP contribution < -0.4 is 0 Å². The molecular formula is C16H24Rh2. The Kier molecular flexibility index (Phi) is 19.6. The fourth-order valence-corrected chi connectivity index (χ4v) is 1.71. The van der Waals surface area contributed by atoms with Crippen molar-refractivity contribution >= 4 is 0 Å². The minimum Gasteiger partial charge on any atom is -0.0882 e. The Labute approximate surface area is 138 Å². The monoisotopic (exact) mass is 422 g/mol. The van der Waals surface area contributed by atoms with E-state index in [0.717, 1.165) is 0 Å². The zero-order chi connectivity index (χ0) is 11.3. The molecule has 0 aromatic heterocycles. The maximum Gasteiger partial charge on any atom is 0 e. The largest absolute Gasteiger partial charge is 0.0882 e. The topological polar surface area (TPSA) is 0 Å². The molecule has 18 heavy (non-hydrogen) atoms. The predicted molar refractivity (Wildman–Crippen MR) is 73.5 cm³/mol. The first-order chi connectivity index (χ1) is 8.00. The van der Waals surface area contributed by atoms with Gasteiger partial charge in [0.1, 0.15) is 0 Å². The van der Waals surface area contributed by atoms with Crippen molar-refractivity contribution in [2.24, 2.45) is 0 Å². The molecule has 0 aliphatic heterocycles. The molecule has 0 saturated carbocycles. The molecule has 0 aromatic carbocycles. The Bertz CT molecular complexity index is 182. The second-order valence-electron chi connectivity index (χ2n) is 4.20. The molecule has 0 unspecified atom stereocenters. The van der Waals surface area contributed by atoms with Gasteiger partial charge in [0, 0.05) is 39.0 Å². The maximum absolute atomic E-state index is 2.27. The minimum absolute atomic E-state index is 0. The van der Waals surface area contributed by atoms with Crippen molar-refractivity contribution in [2.45, 2.75) is 51.4 Å². The fraction of sp³-hybridized carbons (Fsp3) is 0.500. The molecular weight excluding hydrogens is 398 g/mol. The van der Waals surface area contributed by atoms with Gasteiger partial charge in [0.15, 0.2) is 0 Å². The smallest absolute Gasteiger partial charge is 0 e. The van der Waals surface area contributed by atoms with Crippen LogP contribution in [0, 0.1) is 0 Å². The van der Waals surface area contributed by atoms with E-state index in [1.807, 2.05) is 0 Å². The Morgan fingerprint density at radius 3 is 0.500 bits per heavy atom. The molecule has 0 nitrogen and oxygen atoms in total. The van der Waals surface area contributed by atoms with Gasteiger partial charge >= 0.3 is 0 Å². The summed E-state index contributed by atoms with van der Waals surface area (Å²) in [5, 5.41) is 0. The van der Waals surface area contributed by atoms with Crippen LogP contribution in [-0.2, 0) is 39.0 Å². The van der Waals surface area contributed by atoms with Crippen LogP contribution in [0.2, 0.25) is 0 Å². The summed E-state index contributed by atoms with van der Waals surface area (Å²) in [4.78, 5) is 0. The molecule has 0 N–H and O–H groups in total. The molecule has 0 heterocycles. The molecule has 2 radical (unpaired) electrons. The van der Waals surface area contributed by atoms with Crippen molar-refractivity contribution in [1.29, 1.82) is 0 Å². The van der Waals surface area contributed by atoms with Crippen LogP contribution in [0.5, 0.6) is 0 Å². The second-order valence-corrected chi connectivity index (χ2v) is 4.20. The van der Waals surface area contributed by atoms with Crippen LogP contribution >= 0.6 is 0 Å². The number of rotatable bonds is 0. The molecule has 0 fully saturated rings. The van der Waals surface area contributed by atoms with Gasteiger partial charge in [-0.3, -0.25) is 0 Å². The number of allylic oxidation sites excluding steroid dienone is 8. The fourth-order valence-electron chi connectivity index (χ4n) is 1.71. The van der Waals surface area contributed by atoms with E-state index in [-0.39, 0.29) is 39.0 Å². The van der Waals surface area contributed by atoms with E-state index >= 15 is 0 Å². The average Bonchev–Trinajstić information content (AvgIpc) is 2.15. The van der Waals surface area contributed by atoms with Crippen molar-refractivity contribution in [3.05, 3.63) is 48.6 Å². The van der Waals surface area contributed by atoms with E-state index in [9.17, 15) is 0 Å². The zero-order valence-electron chi connectivity index (χ0n) is 10.9. The first kappa shape index (κ1) is 20.5. The third-order valence-corrected chi connectivity index (χ3v) is 2.67. The zero-order valence-corrected chi connectivity index (χ0v) is 14.2. The van der Waals surface area contributed by atoms with E-state index in [4.69, 9.17) is 0 Å². The Morgan fingerprint density at radius 1 is 0.278 bits per heavy atom. The van der Waals surface area contributed by atoms with Crippen LogP contribution in [0.25, 0.3) is 0 Å². The van der Waals surface area contributed by atoms with Crippen molar-refractivity contribution in [3.63, 3.8) is 0 Å². The Morgan fingerprint density at radius 2 is 0.389 bits per heavy atom. The molecule has 0 spiro atoms. The molecule has 2 rings (SSSR count). The minimum atomic E-state index is 0. The summed E-state index contributed by atoms with van der Waals surface area (Å²) < 4.78 is 0. The normalized spacial score (nSPS) is 21.3. The van der Waals surface area contributed by atoms with Crippen molar-refractivity contribution in [1.82, 2.24) is 0 Å². The van der Waals surface area contributed by atoms with Gasteiger partial charge in [-0.25, -0.2) is 0 Å². The first-order valence-electron chi connectivity index (χ1n) is 6.60. The SMILES string of the molecule is C1=CCC/C=C\CC1.C1=CCC/C=C\CC1.[Rh].[Rh]. The maximum atomic E-state index is 2.27. The van der Waals surface area contributed by atoms with Crippen LogP contribution in [0.1, 0.15) is 51.4 Å². The average molecular weight is 422 g/mol. The number of hydrogen-bond donors (Lipinski definition) is 0. The van der Waals surface area contributed by atoms with Gasteiger partial charge in [-0.05, 0) is 51.4 Å². The van der Waals surface area contributed by atoms with Crippen LogP contribution in [0.4, 0.5) is 0 Å². The van der Waals surface area contributed by atoms with Gasteiger partial charge in [0.2, 0.25) is 0 Å². The molecule has 0 atom stereocenters. The molecule has 0 bridgehead atoms. The predicted octanol–water partition coefficient (Wildman–Crippen LogP) is 5.34. The van der Waals surface area contributed by atoms with Crippen LogP contribution in [-0.4, -0.2) is 0 Å². The van der Waals surface area contributed by atoms with Gasteiger partial charge in [0.05, 0.1) is 0 Å². The molecule has 0 aromatic rings. The molecule has 2 aliphatic carbocycles. The van der Waals surface area contributed by atoms with Crippen LogP contribution in [0.15, 0.2) is 48.6 Å². The van der Waals surface area contributed by atoms with Crippen molar-refractivity contribution in [2.75, 3.05) is 0 Å². The van der Waals surface area contributed by atoms with E-state index in [1.54, 1.807) is 0 Å². The van der Waals surface area contributed by atoms with Gasteiger partial charge in [-0.1, -0.05) is 48.6 Å². The molecule has 106 valence electrons. The van der Waals surface area contributed by atoms with E-state index in [2.05, 4.69) is 48.6 Å². The van der Waals surface area contributed by atoms with Gasteiger partial charge in [-0.2, -0.15) is 0 Å². The summed E-state index contributed by atoms with van der Waals surface area (Å²) in [5.41, 5.74) is 0. The second kappa shape index (κ2) is 17.2. The summed E-state index contributed by atoms with van der Waals surface area (Å²) in [7, 11) is 0. The quantitative estimate of drug-likeness (QED) is 0.365. The van der Waals surface area contributed by atoms with Crippen molar-refractivity contribution in [3.8, 4) is 0 Å².